The van der Waals surface area contributed by atoms with Crippen LogP contribution in [0.2, 0.25) is 0 Å². The van der Waals surface area contributed by atoms with Crippen LogP contribution in [-0.4, -0.2) is 30.9 Å². The van der Waals surface area contributed by atoms with Crippen LogP contribution in [-0.2, 0) is 4.79 Å². The van der Waals surface area contributed by atoms with Gasteiger partial charge < -0.3 is 0 Å². The molecule has 1 nitrogen and oxygen atoms in total. The van der Waals surface area contributed by atoms with Crippen molar-refractivity contribution in [3.8, 4) is 0 Å². The second-order valence-electron chi connectivity index (χ2n) is 0.302. The van der Waals surface area contributed by atoms with Crippen LogP contribution in [0.4, 0.5) is 0 Å². The van der Waals surface area contributed by atoms with Gasteiger partial charge in [0, 0.05) is 0 Å². The van der Waals surface area contributed by atoms with Crippen molar-refractivity contribution < 1.29 is 4.79 Å². The van der Waals surface area contributed by atoms with Crippen molar-refractivity contribution in [2.24, 2.45) is 0 Å². The third-order valence-corrected chi connectivity index (χ3v) is 0.194. The summed E-state index contributed by atoms with van der Waals surface area (Å²) in [5.74, 6) is 0.208. The van der Waals surface area contributed by atoms with Crippen molar-refractivity contribution in [3.63, 3.8) is 0 Å². The molecule has 0 saturated heterocycles. The van der Waals surface area contributed by atoms with Crippen molar-refractivity contribution in [2.75, 3.05) is 5.75 Å². The predicted molar refractivity (Wildman–Crippen MR) is 26.7 cm³/mol. The normalized spacial score (nSPS) is 5.00. The molecule has 0 amide bonds. The van der Waals surface area contributed by atoms with Gasteiger partial charge in [0.2, 0.25) is 6.29 Å². The van der Waals surface area contributed by atoms with Gasteiger partial charge in [0.05, 0.1) is 5.75 Å². The van der Waals surface area contributed by atoms with Gasteiger partial charge in [-0.05, 0) is 0 Å². The summed E-state index contributed by atoms with van der Waals surface area (Å²) < 4.78 is 0. The standard InChI is InChI=1S/C2H3OS.Li.H/c3-1-2-4;;/h4H,2H2;;. The maximum absolute atomic E-state index is 8.97. The molecule has 0 aliphatic heterocycles. The average molecular weight is 83.1 g/mol. The van der Waals surface area contributed by atoms with E-state index >= 15 is 0 Å². The van der Waals surface area contributed by atoms with E-state index in [-0.39, 0.29) is 24.6 Å². The Hall–Kier alpha value is 0.617. The molecule has 0 heterocycles. The maximum atomic E-state index is 8.97. The van der Waals surface area contributed by atoms with Gasteiger partial charge in [0.1, 0.15) is 0 Å². The number of thiol groups is 1. The molecule has 0 bridgehead atoms. The average Bonchev–Trinajstić information content (AvgIpc) is 1.37. The molecule has 1 radical (unpaired) electrons. The Bertz CT molecular complexity index is 23.6. The molecule has 0 aromatic heterocycles. The Morgan fingerprint density at radius 3 is 2.00 bits per heavy atom. The zero-order valence-electron chi connectivity index (χ0n) is 2.06. The van der Waals surface area contributed by atoms with E-state index in [1.165, 1.54) is 0 Å². The van der Waals surface area contributed by atoms with Crippen LogP contribution in [0.5, 0.6) is 0 Å². The summed E-state index contributed by atoms with van der Waals surface area (Å²) >= 11 is 3.50. The first-order valence-corrected chi connectivity index (χ1v) is 1.51. The summed E-state index contributed by atoms with van der Waals surface area (Å²) in [5.41, 5.74) is 0. The van der Waals surface area contributed by atoms with Crippen LogP contribution >= 0.6 is 12.6 Å². The Morgan fingerprint density at radius 1 is 1.80 bits per heavy atom. The van der Waals surface area contributed by atoms with Gasteiger partial charge in [-0.15, -0.1) is 0 Å². The summed E-state index contributed by atoms with van der Waals surface area (Å²) in [6, 6.07) is 0. The Balaban J connectivity index is 0. The van der Waals surface area contributed by atoms with Crippen molar-refractivity contribution in [2.45, 2.75) is 0 Å². The van der Waals surface area contributed by atoms with E-state index in [0.29, 0.717) is 0 Å². The van der Waals surface area contributed by atoms with E-state index in [0.717, 1.165) is 0 Å². The van der Waals surface area contributed by atoms with Gasteiger partial charge in [-0.3, -0.25) is 4.79 Å². The molecule has 0 rings (SSSR count). The van der Waals surface area contributed by atoms with E-state index in [1.807, 2.05) is 0 Å². The molecule has 0 saturated carbocycles. The summed E-state index contributed by atoms with van der Waals surface area (Å²) in [5, 5.41) is 0. The first-order valence-electron chi connectivity index (χ1n) is 0.874. The first-order chi connectivity index (χ1) is 1.91. The molecule has 0 aromatic carbocycles. The molecule has 0 aliphatic rings. The summed E-state index contributed by atoms with van der Waals surface area (Å²) in [4.78, 5) is 8.97. The third-order valence-electron chi connectivity index (χ3n) is 0.0645. The van der Waals surface area contributed by atoms with Crippen molar-refractivity contribution >= 4 is 37.8 Å². The molecule has 0 fully saturated rings. The van der Waals surface area contributed by atoms with Gasteiger partial charge in [-0.2, -0.15) is 12.6 Å². The fourth-order valence-electron chi connectivity index (χ4n) is 0. The molecular weight excluding hydrogens is 79.0 g/mol. The number of hydrogen-bond donors (Lipinski definition) is 1. The number of hydrogen-bond acceptors (Lipinski definition) is 2. The first kappa shape index (κ1) is 9.15. The molecule has 0 aromatic rings. The van der Waals surface area contributed by atoms with Crippen LogP contribution in [0.15, 0.2) is 0 Å². The van der Waals surface area contributed by atoms with Gasteiger partial charge in [0.15, 0.2) is 0 Å². The van der Waals surface area contributed by atoms with E-state index in [1.54, 1.807) is 6.29 Å². The molecule has 0 spiro atoms. The monoisotopic (exact) mass is 83.0 g/mol. The minimum atomic E-state index is 0. The molecule has 0 N–H and O–H groups in total. The zero-order valence-corrected chi connectivity index (χ0v) is 2.96. The SMILES string of the molecule is O=[C]CS.[LiH]. The molecule has 3 heteroatoms. The second kappa shape index (κ2) is 8.82. The number of carbonyl (C=O) groups excluding carboxylic acids is 1. The van der Waals surface area contributed by atoms with Gasteiger partial charge in [-0.25, -0.2) is 0 Å². The van der Waals surface area contributed by atoms with Crippen LogP contribution < -0.4 is 0 Å². The van der Waals surface area contributed by atoms with Crippen molar-refractivity contribution in [1.82, 2.24) is 0 Å². The predicted octanol–water partition coefficient (Wildman–Crippen LogP) is -0.623. The van der Waals surface area contributed by atoms with Crippen LogP contribution in [0, 0.1) is 0 Å². The molecule has 5 heavy (non-hydrogen) atoms. The van der Waals surface area contributed by atoms with Crippen molar-refractivity contribution in [3.05, 3.63) is 0 Å². The Kier molecular flexibility index (Phi) is 16.1. The van der Waals surface area contributed by atoms with E-state index in [2.05, 4.69) is 12.6 Å². The molecule has 0 atom stereocenters. The van der Waals surface area contributed by atoms with E-state index in [9.17, 15) is 0 Å². The second-order valence-corrected chi connectivity index (χ2v) is 0.619. The van der Waals surface area contributed by atoms with E-state index < -0.39 is 0 Å². The summed E-state index contributed by atoms with van der Waals surface area (Å²) in [6.07, 6.45) is 1.54. The third kappa shape index (κ3) is 12.1. The van der Waals surface area contributed by atoms with Gasteiger partial charge >= 0.3 is 18.9 Å². The van der Waals surface area contributed by atoms with Crippen LogP contribution in [0.25, 0.3) is 0 Å². The fourth-order valence-corrected chi connectivity index (χ4v) is 0. The van der Waals surface area contributed by atoms with Crippen LogP contribution in [0.3, 0.4) is 0 Å². The summed E-state index contributed by atoms with van der Waals surface area (Å²) in [7, 11) is 0. The Morgan fingerprint density at radius 2 is 2.00 bits per heavy atom. The molecule has 25 valence electrons. The van der Waals surface area contributed by atoms with Crippen molar-refractivity contribution in [1.29, 1.82) is 0 Å². The van der Waals surface area contributed by atoms with Gasteiger partial charge in [-0.1, -0.05) is 0 Å². The van der Waals surface area contributed by atoms with Gasteiger partial charge in [0.25, 0.3) is 0 Å². The Labute approximate surface area is 48.7 Å². The summed E-state index contributed by atoms with van der Waals surface area (Å²) in [6.45, 7) is 0. The van der Waals surface area contributed by atoms with E-state index in [4.69, 9.17) is 4.79 Å². The molecule has 0 aliphatic carbocycles. The molecule has 0 unspecified atom stereocenters. The quantitative estimate of drug-likeness (QED) is 0.330. The number of rotatable bonds is 1. The minimum absolute atomic E-state index is 0. The topological polar surface area (TPSA) is 17.1 Å². The fraction of sp³-hybridized carbons (Fsp3) is 0.500. The zero-order chi connectivity index (χ0) is 3.41. The van der Waals surface area contributed by atoms with Crippen LogP contribution in [0.1, 0.15) is 0 Å². The molecular formula is C2H4LiOS.